The van der Waals surface area contributed by atoms with Crippen molar-refractivity contribution < 1.29 is 14.3 Å². The van der Waals surface area contributed by atoms with Gasteiger partial charge >= 0.3 is 5.97 Å². The first-order valence-electron chi connectivity index (χ1n) is 8.55. The lowest BCUT2D eigenvalue weighted by Gasteiger charge is -2.12. The number of halogens is 1. The molecule has 0 saturated carbocycles. The quantitative estimate of drug-likeness (QED) is 0.563. The van der Waals surface area contributed by atoms with Crippen LogP contribution >= 0.6 is 0 Å². The summed E-state index contributed by atoms with van der Waals surface area (Å²) in [6.45, 7) is 2.52. The highest BCUT2D eigenvalue weighted by Gasteiger charge is 2.17. The molecule has 0 bridgehead atoms. The topological polar surface area (TPSA) is 55.1 Å². The lowest BCUT2D eigenvalue weighted by Crippen LogP contribution is -2.03. The average Bonchev–Trinajstić information content (AvgIpc) is 2.94. The molecule has 0 fully saturated rings. The van der Waals surface area contributed by atoms with Crippen molar-refractivity contribution in [2.45, 2.75) is 13.5 Å². The Morgan fingerprint density at radius 2 is 1.93 bits per heavy atom. The maximum absolute atomic E-state index is 13.9. The first-order valence-corrected chi connectivity index (χ1v) is 8.55. The van der Waals surface area contributed by atoms with E-state index in [1.807, 2.05) is 19.1 Å². The number of fused-ring (bicyclic) bond motifs is 1. The normalized spacial score (nSPS) is 11.0. The molecule has 2 aromatic heterocycles. The van der Waals surface area contributed by atoms with Crippen molar-refractivity contribution >= 4 is 16.9 Å². The molecule has 0 aliphatic rings. The molecule has 0 spiro atoms. The zero-order valence-electron chi connectivity index (χ0n) is 14.7. The largest absolute Gasteiger partial charge is 0.478 e. The molecule has 4 rings (SSSR count). The molecule has 0 radical (unpaired) electrons. The lowest BCUT2D eigenvalue weighted by molar-refractivity contribution is 0.0697. The summed E-state index contributed by atoms with van der Waals surface area (Å²) < 4.78 is 16.0. The summed E-state index contributed by atoms with van der Waals surface area (Å²) in [5.41, 5.74) is 4.96. The second-order valence-electron chi connectivity index (χ2n) is 6.46. The van der Waals surface area contributed by atoms with E-state index in [2.05, 4.69) is 9.55 Å². The Hall–Kier alpha value is -3.47. The van der Waals surface area contributed by atoms with E-state index in [9.17, 15) is 9.18 Å². The predicted molar refractivity (Wildman–Crippen MR) is 102 cm³/mol. The molecule has 0 amide bonds. The zero-order chi connectivity index (χ0) is 19.0. The van der Waals surface area contributed by atoms with E-state index >= 15 is 0 Å². The molecule has 0 aliphatic heterocycles. The van der Waals surface area contributed by atoms with Gasteiger partial charge in [0.15, 0.2) is 0 Å². The van der Waals surface area contributed by atoms with Crippen molar-refractivity contribution in [3.8, 4) is 11.3 Å². The first-order chi connectivity index (χ1) is 13.0. The summed E-state index contributed by atoms with van der Waals surface area (Å²) >= 11 is 0. The number of hydrogen-bond donors (Lipinski definition) is 1. The van der Waals surface area contributed by atoms with Gasteiger partial charge in [0.25, 0.3) is 0 Å². The summed E-state index contributed by atoms with van der Waals surface area (Å²) in [6.07, 6.45) is 3.51. The third-order valence-electron chi connectivity index (χ3n) is 4.76. The van der Waals surface area contributed by atoms with Crippen molar-refractivity contribution in [1.82, 2.24) is 9.55 Å². The number of aromatic carboxylic acids is 1. The molecule has 2 aromatic carbocycles. The Morgan fingerprint density at radius 3 is 2.59 bits per heavy atom. The summed E-state index contributed by atoms with van der Waals surface area (Å²) in [5.74, 6) is -1.25. The number of aromatic nitrogens is 2. The molecule has 5 heteroatoms. The second-order valence-corrected chi connectivity index (χ2v) is 6.46. The van der Waals surface area contributed by atoms with Crippen LogP contribution in [0.1, 0.15) is 21.5 Å². The monoisotopic (exact) mass is 360 g/mol. The van der Waals surface area contributed by atoms with Crippen LogP contribution in [0, 0.1) is 12.7 Å². The lowest BCUT2D eigenvalue weighted by atomic mass is 10.1. The van der Waals surface area contributed by atoms with Crippen molar-refractivity contribution in [2.75, 3.05) is 0 Å². The van der Waals surface area contributed by atoms with Gasteiger partial charge in [-0.2, -0.15) is 0 Å². The van der Waals surface area contributed by atoms with Crippen LogP contribution in [0.3, 0.4) is 0 Å². The number of pyridine rings is 1. The van der Waals surface area contributed by atoms with Crippen LogP contribution < -0.4 is 0 Å². The van der Waals surface area contributed by atoms with Gasteiger partial charge in [0.05, 0.1) is 16.8 Å². The average molecular weight is 360 g/mol. The SMILES string of the molecule is Cc1c(-c2cccnc2)n(Cc2ccc(C(=O)O)cc2)c2cc(F)ccc12. The third-order valence-corrected chi connectivity index (χ3v) is 4.76. The molecule has 4 nitrogen and oxygen atoms in total. The number of aryl methyl sites for hydroxylation is 1. The van der Waals surface area contributed by atoms with Crippen LogP contribution in [-0.4, -0.2) is 20.6 Å². The van der Waals surface area contributed by atoms with Crippen molar-refractivity contribution in [2.24, 2.45) is 0 Å². The van der Waals surface area contributed by atoms with E-state index in [0.717, 1.165) is 33.3 Å². The molecule has 0 aliphatic carbocycles. The minimum absolute atomic E-state index is 0.242. The molecule has 2 heterocycles. The van der Waals surface area contributed by atoms with Crippen molar-refractivity contribution in [3.05, 3.63) is 89.5 Å². The maximum atomic E-state index is 13.9. The minimum Gasteiger partial charge on any atom is -0.478 e. The number of benzene rings is 2. The second kappa shape index (κ2) is 6.68. The van der Waals surface area contributed by atoms with Gasteiger partial charge in [-0.05, 0) is 60.5 Å². The molecule has 4 aromatic rings. The Morgan fingerprint density at radius 1 is 1.15 bits per heavy atom. The highest BCUT2D eigenvalue weighted by atomic mass is 19.1. The van der Waals surface area contributed by atoms with Crippen LogP contribution in [0.5, 0.6) is 0 Å². The summed E-state index contributed by atoms with van der Waals surface area (Å²) in [6, 6.07) is 15.4. The molecule has 0 atom stereocenters. The smallest absolute Gasteiger partial charge is 0.335 e. The van der Waals surface area contributed by atoms with Crippen LogP contribution in [0.15, 0.2) is 67.0 Å². The first kappa shape index (κ1) is 17.0. The Bertz CT molecular complexity index is 1130. The summed E-state index contributed by atoms with van der Waals surface area (Å²) in [7, 11) is 0. The van der Waals surface area contributed by atoms with Gasteiger partial charge in [-0.25, -0.2) is 9.18 Å². The highest BCUT2D eigenvalue weighted by Crippen LogP contribution is 2.34. The molecule has 0 unspecified atom stereocenters. The number of carboxylic acids is 1. The van der Waals surface area contributed by atoms with Gasteiger partial charge in [-0.1, -0.05) is 12.1 Å². The molecule has 0 saturated heterocycles. The van der Waals surface area contributed by atoms with Crippen LogP contribution in [-0.2, 0) is 6.54 Å². The number of carboxylic acid groups (broad SMARTS) is 1. The van der Waals surface area contributed by atoms with Crippen molar-refractivity contribution in [3.63, 3.8) is 0 Å². The molecule has 134 valence electrons. The van der Waals surface area contributed by atoms with E-state index in [4.69, 9.17) is 5.11 Å². The van der Waals surface area contributed by atoms with Crippen LogP contribution in [0.25, 0.3) is 22.2 Å². The van der Waals surface area contributed by atoms with E-state index in [1.54, 1.807) is 42.7 Å². The Labute approximate surface area is 155 Å². The van der Waals surface area contributed by atoms with E-state index in [-0.39, 0.29) is 11.4 Å². The van der Waals surface area contributed by atoms with Gasteiger partial charge in [0.1, 0.15) is 5.82 Å². The van der Waals surface area contributed by atoms with Gasteiger partial charge < -0.3 is 9.67 Å². The minimum atomic E-state index is -0.957. The third kappa shape index (κ3) is 3.08. The zero-order valence-corrected chi connectivity index (χ0v) is 14.7. The fourth-order valence-corrected chi connectivity index (χ4v) is 3.47. The molecule has 27 heavy (non-hydrogen) atoms. The predicted octanol–water partition coefficient (Wildman–Crippen LogP) is 4.90. The van der Waals surface area contributed by atoms with Gasteiger partial charge in [-0.3, -0.25) is 4.98 Å². The Balaban J connectivity index is 1.89. The van der Waals surface area contributed by atoms with E-state index < -0.39 is 5.97 Å². The van der Waals surface area contributed by atoms with Crippen LogP contribution in [0.4, 0.5) is 4.39 Å². The number of hydrogen-bond acceptors (Lipinski definition) is 2. The Kier molecular flexibility index (Phi) is 4.20. The number of nitrogens with zero attached hydrogens (tertiary/aromatic N) is 2. The van der Waals surface area contributed by atoms with E-state index in [0.29, 0.717) is 6.54 Å². The summed E-state index contributed by atoms with van der Waals surface area (Å²) in [4.78, 5) is 15.3. The number of rotatable bonds is 4. The highest BCUT2D eigenvalue weighted by molar-refractivity contribution is 5.91. The van der Waals surface area contributed by atoms with Gasteiger partial charge in [0.2, 0.25) is 0 Å². The van der Waals surface area contributed by atoms with E-state index in [1.165, 1.54) is 12.1 Å². The molecular formula is C22H17FN2O2. The van der Waals surface area contributed by atoms with Crippen molar-refractivity contribution in [1.29, 1.82) is 0 Å². The maximum Gasteiger partial charge on any atom is 0.335 e. The fraction of sp³-hybridized carbons (Fsp3) is 0.0909. The van der Waals surface area contributed by atoms with Gasteiger partial charge in [-0.15, -0.1) is 0 Å². The summed E-state index contributed by atoms with van der Waals surface area (Å²) in [5, 5.41) is 10.1. The van der Waals surface area contributed by atoms with Crippen LogP contribution in [0.2, 0.25) is 0 Å². The molecule has 1 N–H and O–H groups in total. The van der Waals surface area contributed by atoms with Gasteiger partial charge in [0, 0.05) is 29.9 Å². The fourth-order valence-electron chi connectivity index (χ4n) is 3.47. The number of carbonyl (C=O) groups is 1. The molecular weight excluding hydrogens is 343 g/mol. The standard InChI is InChI=1S/C22H17FN2O2/c1-14-19-9-8-18(23)11-20(19)25(21(14)17-3-2-10-24-12-17)13-15-4-6-16(7-5-15)22(26)27/h2-12H,13H2,1H3,(H,26,27).